The zero-order valence-corrected chi connectivity index (χ0v) is 18.6. The number of esters is 1. The van der Waals surface area contributed by atoms with Crippen LogP contribution in [0.25, 0.3) is 0 Å². The molecular formula is C22H37NO3S. The molecule has 0 radical (unpaired) electrons. The van der Waals surface area contributed by atoms with Gasteiger partial charge >= 0.3 is 5.97 Å². The van der Waals surface area contributed by atoms with E-state index in [1.54, 1.807) is 0 Å². The van der Waals surface area contributed by atoms with Crippen LogP contribution in [-0.4, -0.2) is 55.7 Å². The van der Waals surface area contributed by atoms with Crippen LogP contribution in [0.2, 0.25) is 0 Å². The molecule has 0 N–H and O–H groups in total. The monoisotopic (exact) mass is 395 g/mol. The number of methoxy groups -OCH3 is 1. The first-order valence-corrected chi connectivity index (χ1v) is 11.5. The van der Waals surface area contributed by atoms with Crippen LogP contribution in [0.1, 0.15) is 56.9 Å². The summed E-state index contributed by atoms with van der Waals surface area (Å²) >= 11 is 2.05. The minimum Gasteiger partial charge on any atom is -0.469 e. The van der Waals surface area contributed by atoms with Crippen LogP contribution in [0.15, 0.2) is 18.2 Å². The number of carbonyl (C=O) groups is 1. The van der Waals surface area contributed by atoms with E-state index in [1.807, 2.05) is 45.5 Å². The van der Waals surface area contributed by atoms with Gasteiger partial charge < -0.3 is 14.4 Å². The van der Waals surface area contributed by atoms with E-state index < -0.39 is 0 Å². The smallest absolute Gasteiger partial charge is 0.309 e. The molecule has 1 aromatic rings. The van der Waals surface area contributed by atoms with E-state index in [-0.39, 0.29) is 12.1 Å². The van der Waals surface area contributed by atoms with Gasteiger partial charge in [-0.3, -0.25) is 4.79 Å². The lowest BCUT2D eigenvalue weighted by molar-refractivity contribution is -0.139. The van der Waals surface area contributed by atoms with E-state index in [2.05, 4.69) is 17.0 Å². The maximum Gasteiger partial charge on any atom is 0.309 e. The fourth-order valence-corrected chi connectivity index (χ4v) is 4.28. The SMILES string of the molecule is CC.CC.COC(=O)Cc1ccc2c(c1)CCOC2CCN1CCSCC1. The Morgan fingerprint density at radius 3 is 2.59 bits per heavy atom. The number of benzene rings is 1. The largest absolute Gasteiger partial charge is 0.469 e. The highest BCUT2D eigenvalue weighted by Gasteiger charge is 2.22. The normalized spacial score (nSPS) is 18.9. The first kappa shape index (κ1) is 24.0. The molecule has 0 amide bonds. The van der Waals surface area contributed by atoms with Gasteiger partial charge in [-0.25, -0.2) is 0 Å². The molecule has 1 aromatic carbocycles. The number of thioether (sulfide) groups is 1. The summed E-state index contributed by atoms with van der Waals surface area (Å²) in [5.74, 6) is 2.31. The van der Waals surface area contributed by atoms with Crippen molar-refractivity contribution >= 4 is 17.7 Å². The van der Waals surface area contributed by atoms with Crippen LogP contribution in [0.3, 0.4) is 0 Å². The van der Waals surface area contributed by atoms with Gasteiger partial charge in [0, 0.05) is 31.1 Å². The second-order valence-electron chi connectivity index (χ2n) is 6.14. The van der Waals surface area contributed by atoms with Gasteiger partial charge in [0.15, 0.2) is 0 Å². The quantitative estimate of drug-likeness (QED) is 0.686. The van der Waals surface area contributed by atoms with E-state index in [1.165, 1.54) is 42.8 Å². The first-order valence-electron chi connectivity index (χ1n) is 10.4. The highest BCUT2D eigenvalue weighted by molar-refractivity contribution is 7.99. The minimum atomic E-state index is -0.184. The van der Waals surface area contributed by atoms with Crippen molar-refractivity contribution in [2.45, 2.75) is 53.1 Å². The third-order valence-electron chi connectivity index (χ3n) is 4.63. The predicted octanol–water partition coefficient (Wildman–Crippen LogP) is 4.51. The van der Waals surface area contributed by atoms with E-state index in [4.69, 9.17) is 9.47 Å². The number of ether oxygens (including phenoxy) is 2. The van der Waals surface area contributed by atoms with Crippen LogP contribution >= 0.6 is 11.8 Å². The molecule has 5 heteroatoms. The Morgan fingerprint density at radius 1 is 1.22 bits per heavy atom. The molecule has 0 aromatic heterocycles. The van der Waals surface area contributed by atoms with Gasteiger partial charge in [-0.1, -0.05) is 45.9 Å². The first-order chi connectivity index (χ1) is 13.3. The minimum absolute atomic E-state index is 0.184. The van der Waals surface area contributed by atoms with Crippen LogP contribution in [0.5, 0.6) is 0 Å². The molecule has 154 valence electrons. The van der Waals surface area contributed by atoms with Crippen molar-refractivity contribution in [1.82, 2.24) is 4.90 Å². The van der Waals surface area contributed by atoms with E-state index in [9.17, 15) is 4.79 Å². The molecule has 4 nitrogen and oxygen atoms in total. The summed E-state index contributed by atoms with van der Waals surface area (Å²) in [6.45, 7) is 12.3. The third-order valence-corrected chi connectivity index (χ3v) is 5.57. The zero-order valence-electron chi connectivity index (χ0n) is 17.8. The van der Waals surface area contributed by atoms with Gasteiger partial charge in [0.1, 0.15) is 0 Å². The molecule has 2 aliphatic rings. The fraction of sp³-hybridized carbons (Fsp3) is 0.682. The number of hydrogen-bond acceptors (Lipinski definition) is 5. The summed E-state index contributed by atoms with van der Waals surface area (Å²) in [6, 6.07) is 6.33. The molecule has 1 fully saturated rings. The van der Waals surface area contributed by atoms with Crippen molar-refractivity contribution in [2.24, 2.45) is 0 Å². The molecule has 1 saturated heterocycles. The van der Waals surface area contributed by atoms with Gasteiger partial charge in [0.05, 0.1) is 26.2 Å². The van der Waals surface area contributed by atoms with Crippen LogP contribution in [-0.2, 0) is 27.1 Å². The Bertz CT molecular complexity index is 544. The number of rotatable bonds is 5. The Kier molecular flexibility index (Phi) is 12.5. The van der Waals surface area contributed by atoms with Gasteiger partial charge in [0.2, 0.25) is 0 Å². The van der Waals surface area contributed by atoms with Crippen molar-refractivity contribution < 1.29 is 14.3 Å². The number of fused-ring (bicyclic) bond motifs is 1. The Hall–Kier alpha value is -1.04. The molecule has 0 spiro atoms. The van der Waals surface area contributed by atoms with Crippen molar-refractivity contribution in [1.29, 1.82) is 0 Å². The third kappa shape index (κ3) is 7.84. The molecule has 0 bridgehead atoms. The lowest BCUT2D eigenvalue weighted by Gasteiger charge is -2.31. The predicted molar refractivity (Wildman–Crippen MR) is 116 cm³/mol. The molecule has 2 aliphatic heterocycles. The van der Waals surface area contributed by atoms with E-state index in [0.717, 1.165) is 31.6 Å². The van der Waals surface area contributed by atoms with Crippen LogP contribution in [0, 0.1) is 0 Å². The highest BCUT2D eigenvalue weighted by Crippen LogP contribution is 2.31. The van der Waals surface area contributed by atoms with Crippen molar-refractivity contribution in [3.63, 3.8) is 0 Å². The van der Waals surface area contributed by atoms with E-state index in [0.29, 0.717) is 6.42 Å². The summed E-state index contributed by atoms with van der Waals surface area (Å²) < 4.78 is 10.8. The molecule has 1 unspecified atom stereocenters. The van der Waals surface area contributed by atoms with Crippen LogP contribution < -0.4 is 0 Å². The number of carbonyl (C=O) groups excluding carboxylic acids is 1. The summed E-state index contributed by atoms with van der Waals surface area (Å²) in [7, 11) is 1.43. The summed E-state index contributed by atoms with van der Waals surface area (Å²) in [4.78, 5) is 14.0. The van der Waals surface area contributed by atoms with Gasteiger partial charge in [-0.05, 0) is 29.5 Å². The maximum atomic E-state index is 11.4. The van der Waals surface area contributed by atoms with Crippen molar-refractivity contribution in [2.75, 3.05) is 44.9 Å². The Labute approximate surface area is 170 Å². The molecule has 3 rings (SSSR count). The van der Waals surface area contributed by atoms with Gasteiger partial charge in [-0.15, -0.1) is 0 Å². The number of nitrogens with zero attached hydrogens (tertiary/aromatic N) is 1. The lowest BCUT2D eigenvalue weighted by Crippen LogP contribution is -2.34. The van der Waals surface area contributed by atoms with Crippen molar-refractivity contribution in [3.8, 4) is 0 Å². The second-order valence-corrected chi connectivity index (χ2v) is 7.36. The fourth-order valence-electron chi connectivity index (χ4n) is 3.30. The Morgan fingerprint density at radius 2 is 1.93 bits per heavy atom. The van der Waals surface area contributed by atoms with E-state index >= 15 is 0 Å². The Balaban J connectivity index is 0.000000855. The summed E-state index contributed by atoms with van der Waals surface area (Å²) in [6.07, 6.45) is 2.52. The highest BCUT2D eigenvalue weighted by atomic mass is 32.2. The molecule has 0 saturated carbocycles. The second kappa shape index (κ2) is 14.0. The van der Waals surface area contributed by atoms with Crippen molar-refractivity contribution in [3.05, 3.63) is 34.9 Å². The topological polar surface area (TPSA) is 38.8 Å². The standard InChI is InChI=1S/C18H25NO3S.2C2H6/c1-21-18(20)13-14-2-3-16-15(12-14)5-9-22-17(16)4-6-19-7-10-23-11-8-19;2*1-2/h2-3,12,17H,4-11,13H2,1H3;2*1-2H3. The molecule has 1 atom stereocenters. The lowest BCUT2D eigenvalue weighted by atomic mass is 9.93. The molecule has 2 heterocycles. The molecular weight excluding hydrogens is 358 g/mol. The zero-order chi connectivity index (χ0) is 20.1. The van der Waals surface area contributed by atoms with Gasteiger partial charge in [-0.2, -0.15) is 11.8 Å². The van der Waals surface area contributed by atoms with Crippen LogP contribution in [0.4, 0.5) is 0 Å². The average Bonchev–Trinajstić information content (AvgIpc) is 2.75. The summed E-state index contributed by atoms with van der Waals surface area (Å²) in [5, 5.41) is 0. The summed E-state index contributed by atoms with van der Waals surface area (Å²) in [5.41, 5.74) is 3.66. The maximum absolute atomic E-state index is 11.4. The molecule has 27 heavy (non-hydrogen) atoms. The average molecular weight is 396 g/mol. The molecule has 0 aliphatic carbocycles. The van der Waals surface area contributed by atoms with Gasteiger partial charge in [0.25, 0.3) is 0 Å². The number of hydrogen-bond donors (Lipinski definition) is 0.